The number of benzene rings is 2. The van der Waals surface area contributed by atoms with E-state index in [1.165, 1.54) is 0 Å². The van der Waals surface area contributed by atoms with E-state index in [1.54, 1.807) is 7.11 Å². The van der Waals surface area contributed by atoms with Crippen LogP contribution in [0.15, 0.2) is 48.8 Å². The molecular weight excluding hydrogens is 490 g/mol. The molecule has 7 nitrogen and oxygen atoms in total. The number of ether oxygens (including phenoxy) is 3. The quantitative estimate of drug-likeness (QED) is 0.323. The molecule has 0 radical (unpaired) electrons. The van der Waals surface area contributed by atoms with Gasteiger partial charge in [-0.05, 0) is 61.6 Å². The monoisotopic (exact) mass is 527 g/mol. The molecule has 0 bridgehead atoms. The Morgan fingerprint density at radius 1 is 1.05 bits per heavy atom. The van der Waals surface area contributed by atoms with Crippen molar-refractivity contribution >= 4 is 11.6 Å². The molecule has 0 aliphatic carbocycles. The number of likely N-dealkylation sites (tertiary alicyclic amines) is 1. The van der Waals surface area contributed by atoms with Crippen LogP contribution in [-0.2, 0) is 19.5 Å². The maximum Gasteiger partial charge on any atom is 0.161 e. The van der Waals surface area contributed by atoms with Crippen LogP contribution < -0.4 is 14.2 Å². The van der Waals surface area contributed by atoms with Gasteiger partial charge in [0.2, 0.25) is 0 Å². The Morgan fingerprint density at radius 2 is 1.86 bits per heavy atom. The molecule has 200 valence electrons. The molecule has 1 aliphatic rings. The summed E-state index contributed by atoms with van der Waals surface area (Å²) in [4.78, 5) is 6.71. The number of aryl methyl sites for hydroxylation is 3. The van der Waals surface area contributed by atoms with E-state index in [9.17, 15) is 5.11 Å². The highest BCUT2D eigenvalue weighted by Crippen LogP contribution is 2.31. The van der Waals surface area contributed by atoms with E-state index in [4.69, 9.17) is 25.8 Å². The average molecular weight is 528 g/mol. The molecule has 1 aliphatic heterocycles. The third-order valence-corrected chi connectivity index (χ3v) is 7.24. The van der Waals surface area contributed by atoms with E-state index in [2.05, 4.69) is 27.4 Å². The van der Waals surface area contributed by atoms with Crippen molar-refractivity contribution in [2.75, 3.05) is 33.4 Å². The summed E-state index contributed by atoms with van der Waals surface area (Å²) in [6, 6.07) is 11.8. The lowest BCUT2D eigenvalue weighted by Gasteiger charge is -2.38. The Hall–Kier alpha value is -2.74. The largest absolute Gasteiger partial charge is 0.493 e. The van der Waals surface area contributed by atoms with E-state index < -0.39 is 5.60 Å². The van der Waals surface area contributed by atoms with Gasteiger partial charge in [-0.2, -0.15) is 0 Å². The van der Waals surface area contributed by atoms with E-state index in [0.29, 0.717) is 30.2 Å². The summed E-state index contributed by atoms with van der Waals surface area (Å²) in [5.74, 6) is 3.22. The lowest BCUT2D eigenvalue weighted by Crippen LogP contribution is -2.47. The molecule has 4 rings (SSSR count). The molecular formula is C29H38ClN3O4. The fourth-order valence-corrected chi connectivity index (χ4v) is 4.84. The van der Waals surface area contributed by atoms with Gasteiger partial charge in [0.05, 0.1) is 18.7 Å². The number of hydrogen-bond donors (Lipinski definition) is 1. The van der Waals surface area contributed by atoms with Crippen LogP contribution in [0.25, 0.3) is 0 Å². The van der Waals surface area contributed by atoms with Crippen molar-refractivity contribution in [3.05, 3.63) is 70.8 Å². The minimum Gasteiger partial charge on any atom is -0.493 e. The van der Waals surface area contributed by atoms with Crippen molar-refractivity contribution in [1.29, 1.82) is 0 Å². The molecule has 3 aromatic rings. The Labute approximate surface area is 224 Å². The first-order valence-corrected chi connectivity index (χ1v) is 13.4. The van der Waals surface area contributed by atoms with Crippen molar-refractivity contribution in [3.63, 3.8) is 0 Å². The summed E-state index contributed by atoms with van der Waals surface area (Å²) in [6.45, 7) is 8.21. The second-order valence-electron chi connectivity index (χ2n) is 9.80. The summed E-state index contributed by atoms with van der Waals surface area (Å²) >= 11 is 6.24. The van der Waals surface area contributed by atoms with Gasteiger partial charge in [0.25, 0.3) is 0 Å². The second-order valence-corrected chi connectivity index (χ2v) is 10.2. The maximum atomic E-state index is 11.1. The molecule has 2 aromatic carbocycles. The second kappa shape index (κ2) is 12.7. The molecule has 1 fully saturated rings. The highest BCUT2D eigenvalue weighted by atomic mass is 35.5. The standard InChI is InChI=1S/C29H38ClN3O4/c1-4-28-31-12-16-33(28)13-5-17-36-25-9-7-23(19-27(25)35-3)20-32-14-10-29(34,11-15-32)21-37-26-18-22(2)6-8-24(26)30/h6-9,12,16,18-19,34H,4-5,10-11,13-15,17,20-21H2,1-3H3. The molecule has 1 aromatic heterocycles. The Kier molecular flexibility index (Phi) is 9.35. The number of rotatable bonds is 12. The minimum absolute atomic E-state index is 0.241. The van der Waals surface area contributed by atoms with Gasteiger partial charge in [0, 0.05) is 45.0 Å². The number of nitrogens with zero attached hydrogens (tertiary/aromatic N) is 3. The van der Waals surface area contributed by atoms with Gasteiger partial charge in [-0.3, -0.25) is 4.90 Å². The zero-order chi connectivity index (χ0) is 26.3. The Bertz CT molecular complexity index is 1160. The van der Waals surface area contributed by atoms with E-state index in [1.807, 2.05) is 49.6 Å². The van der Waals surface area contributed by atoms with Crippen LogP contribution in [0, 0.1) is 6.92 Å². The van der Waals surface area contributed by atoms with E-state index >= 15 is 0 Å². The Morgan fingerprint density at radius 3 is 2.62 bits per heavy atom. The predicted octanol–water partition coefficient (Wildman–Crippen LogP) is 5.29. The van der Waals surface area contributed by atoms with Gasteiger partial charge in [0.1, 0.15) is 23.8 Å². The molecule has 1 saturated heterocycles. The van der Waals surface area contributed by atoms with Crippen molar-refractivity contribution in [1.82, 2.24) is 14.5 Å². The van der Waals surface area contributed by atoms with Crippen LogP contribution in [0.1, 0.15) is 43.1 Å². The molecule has 0 unspecified atom stereocenters. The van der Waals surface area contributed by atoms with Gasteiger partial charge in [-0.15, -0.1) is 0 Å². The third-order valence-electron chi connectivity index (χ3n) is 6.92. The number of piperidine rings is 1. The number of hydrogen-bond acceptors (Lipinski definition) is 6. The van der Waals surface area contributed by atoms with Crippen molar-refractivity contribution < 1.29 is 19.3 Å². The fraction of sp³-hybridized carbons (Fsp3) is 0.483. The van der Waals surface area contributed by atoms with Gasteiger partial charge < -0.3 is 23.9 Å². The van der Waals surface area contributed by atoms with Crippen LogP contribution >= 0.6 is 11.6 Å². The third kappa shape index (κ3) is 7.40. The summed E-state index contributed by atoms with van der Waals surface area (Å²) in [6.07, 6.45) is 6.97. The molecule has 2 heterocycles. The average Bonchev–Trinajstić information content (AvgIpc) is 3.37. The summed E-state index contributed by atoms with van der Waals surface area (Å²) in [7, 11) is 1.67. The molecule has 8 heteroatoms. The van der Waals surface area contributed by atoms with Crippen LogP contribution in [0.4, 0.5) is 0 Å². The summed E-state index contributed by atoms with van der Waals surface area (Å²) < 4.78 is 19.7. The first-order valence-electron chi connectivity index (χ1n) is 13.0. The molecule has 1 N–H and O–H groups in total. The van der Waals surface area contributed by atoms with Crippen molar-refractivity contribution in [3.8, 4) is 17.2 Å². The number of imidazole rings is 1. The minimum atomic E-state index is -0.854. The first-order chi connectivity index (χ1) is 17.9. The smallest absolute Gasteiger partial charge is 0.161 e. The fourth-order valence-electron chi connectivity index (χ4n) is 4.67. The van der Waals surface area contributed by atoms with Crippen molar-refractivity contribution in [2.45, 2.75) is 58.2 Å². The van der Waals surface area contributed by atoms with Gasteiger partial charge >= 0.3 is 0 Å². The first kappa shape index (κ1) is 27.3. The lowest BCUT2D eigenvalue weighted by molar-refractivity contribution is -0.0537. The molecule has 0 amide bonds. The number of aromatic nitrogens is 2. The van der Waals surface area contributed by atoms with E-state index in [0.717, 1.165) is 67.5 Å². The van der Waals surface area contributed by atoms with Crippen molar-refractivity contribution in [2.24, 2.45) is 0 Å². The number of methoxy groups -OCH3 is 1. The van der Waals surface area contributed by atoms with Crippen LogP contribution in [0.2, 0.25) is 5.02 Å². The van der Waals surface area contributed by atoms with Crippen LogP contribution in [0.5, 0.6) is 17.2 Å². The molecule has 0 atom stereocenters. The normalized spacial score (nSPS) is 15.5. The summed E-state index contributed by atoms with van der Waals surface area (Å²) in [5.41, 5.74) is 1.38. The van der Waals surface area contributed by atoms with Crippen LogP contribution in [-0.4, -0.2) is 58.6 Å². The van der Waals surface area contributed by atoms with Gasteiger partial charge in [0.15, 0.2) is 11.5 Å². The zero-order valence-corrected chi connectivity index (χ0v) is 22.8. The highest BCUT2D eigenvalue weighted by Gasteiger charge is 2.33. The number of halogens is 1. The van der Waals surface area contributed by atoms with Gasteiger partial charge in [-0.25, -0.2) is 4.98 Å². The topological polar surface area (TPSA) is 69.0 Å². The molecule has 0 spiro atoms. The maximum absolute atomic E-state index is 11.1. The molecule has 37 heavy (non-hydrogen) atoms. The highest BCUT2D eigenvalue weighted by molar-refractivity contribution is 6.32. The molecule has 0 saturated carbocycles. The Balaban J connectivity index is 1.24. The predicted molar refractivity (Wildman–Crippen MR) is 146 cm³/mol. The lowest BCUT2D eigenvalue weighted by atomic mass is 9.92. The number of aliphatic hydroxyl groups is 1. The van der Waals surface area contributed by atoms with E-state index in [-0.39, 0.29) is 6.61 Å². The van der Waals surface area contributed by atoms with Crippen LogP contribution in [0.3, 0.4) is 0 Å². The van der Waals surface area contributed by atoms with Gasteiger partial charge in [-0.1, -0.05) is 30.7 Å². The zero-order valence-electron chi connectivity index (χ0n) is 22.1. The summed E-state index contributed by atoms with van der Waals surface area (Å²) in [5, 5.41) is 11.6. The SMILES string of the molecule is CCc1nccn1CCCOc1ccc(CN2CCC(O)(COc3cc(C)ccc3Cl)CC2)cc1OC.